The van der Waals surface area contributed by atoms with Gasteiger partial charge in [-0.05, 0) is 62.4 Å². The zero-order valence-corrected chi connectivity index (χ0v) is 16.2. The molecule has 0 bridgehead atoms. The summed E-state index contributed by atoms with van der Waals surface area (Å²) < 4.78 is 5.72. The fourth-order valence-corrected chi connectivity index (χ4v) is 4.31. The quantitative estimate of drug-likeness (QED) is 0.897. The van der Waals surface area contributed by atoms with Crippen molar-refractivity contribution in [3.63, 3.8) is 0 Å². The Morgan fingerprint density at radius 3 is 2.67 bits per heavy atom. The molecule has 2 aliphatic rings. The number of carbonyl (C=O) groups excluding carboxylic acids is 1. The molecule has 142 valence electrons. The minimum Gasteiger partial charge on any atom is -0.491 e. The summed E-state index contributed by atoms with van der Waals surface area (Å²) in [7, 11) is 0. The number of nitrogens with one attached hydrogen (secondary N) is 1. The first-order chi connectivity index (χ1) is 13.0. The van der Waals surface area contributed by atoms with E-state index in [-0.39, 0.29) is 17.6 Å². The first-order valence-corrected chi connectivity index (χ1v) is 9.91. The fraction of sp³-hybridized carbons (Fsp3) is 0.435. The second kappa shape index (κ2) is 7.35. The third-order valence-corrected chi connectivity index (χ3v) is 5.65. The number of carbonyl (C=O) groups is 1. The van der Waals surface area contributed by atoms with Crippen molar-refractivity contribution < 1.29 is 9.53 Å². The summed E-state index contributed by atoms with van der Waals surface area (Å²) in [6.45, 7) is 6.91. The minimum atomic E-state index is -0.100. The average molecular weight is 364 g/mol. The van der Waals surface area contributed by atoms with Crippen molar-refractivity contribution >= 4 is 5.91 Å². The molecular weight excluding hydrogens is 336 g/mol. The molecule has 1 saturated heterocycles. The number of fused-ring (bicyclic) bond motifs is 1. The van der Waals surface area contributed by atoms with Gasteiger partial charge in [0.05, 0.1) is 11.6 Å². The average Bonchev–Trinajstić information content (AvgIpc) is 2.97. The maximum Gasteiger partial charge on any atom is 0.252 e. The van der Waals surface area contributed by atoms with Crippen molar-refractivity contribution in [2.24, 2.45) is 0 Å². The Balaban J connectivity index is 1.41. The van der Waals surface area contributed by atoms with Gasteiger partial charge in [0, 0.05) is 25.2 Å². The Labute approximate surface area is 161 Å². The zero-order chi connectivity index (χ0) is 18.9. The Kier molecular flexibility index (Phi) is 4.92. The van der Waals surface area contributed by atoms with Crippen LogP contribution in [0.1, 0.15) is 48.2 Å². The molecule has 2 heterocycles. The number of ether oxygens (including phenoxy) is 1. The first kappa shape index (κ1) is 18.1. The van der Waals surface area contributed by atoms with E-state index in [2.05, 4.69) is 28.4 Å². The summed E-state index contributed by atoms with van der Waals surface area (Å²) in [4.78, 5) is 15.2. The lowest BCUT2D eigenvalue weighted by molar-refractivity contribution is 0.0902. The number of hydrogen-bond donors (Lipinski definition) is 1. The summed E-state index contributed by atoms with van der Waals surface area (Å²) >= 11 is 0. The molecule has 1 N–H and O–H groups in total. The second-order valence-corrected chi connectivity index (χ2v) is 8.16. The molecular formula is C23H28N2O2. The molecule has 0 saturated carbocycles. The van der Waals surface area contributed by atoms with Crippen LogP contribution in [0, 0.1) is 0 Å². The molecule has 0 aromatic heterocycles. The van der Waals surface area contributed by atoms with Crippen LogP contribution in [-0.2, 0) is 13.0 Å². The number of benzene rings is 2. The predicted octanol–water partition coefficient (Wildman–Crippen LogP) is 3.79. The third-order valence-electron chi connectivity index (χ3n) is 5.65. The van der Waals surface area contributed by atoms with E-state index in [1.807, 2.05) is 44.2 Å². The van der Waals surface area contributed by atoms with Crippen LogP contribution in [0.2, 0.25) is 0 Å². The molecule has 1 amide bonds. The van der Waals surface area contributed by atoms with Crippen molar-refractivity contribution in [3.8, 4) is 5.75 Å². The first-order valence-electron chi connectivity index (χ1n) is 9.91. The summed E-state index contributed by atoms with van der Waals surface area (Å²) in [5.74, 6) is 1.00. The van der Waals surface area contributed by atoms with Gasteiger partial charge in [0.25, 0.3) is 5.91 Å². The summed E-state index contributed by atoms with van der Waals surface area (Å²) in [5.41, 5.74) is 3.20. The van der Waals surface area contributed by atoms with Crippen molar-refractivity contribution in [1.82, 2.24) is 10.2 Å². The van der Waals surface area contributed by atoms with Gasteiger partial charge in [0.2, 0.25) is 0 Å². The van der Waals surface area contributed by atoms with E-state index < -0.39 is 0 Å². The van der Waals surface area contributed by atoms with Gasteiger partial charge in [-0.25, -0.2) is 0 Å². The molecule has 2 aliphatic heterocycles. The minimum absolute atomic E-state index is 0.0835. The maximum absolute atomic E-state index is 12.7. The zero-order valence-electron chi connectivity index (χ0n) is 16.2. The second-order valence-electron chi connectivity index (χ2n) is 8.16. The van der Waals surface area contributed by atoms with Gasteiger partial charge in [0.15, 0.2) is 0 Å². The van der Waals surface area contributed by atoms with Crippen LogP contribution >= 0.6 is 0 Å². The van der Waals surface area contributed by atoms with Crippen LogP contribution < -0.4 is 10.1 Å². The number of aryl methyl sites for hydroxylation is 1. The lowest BCUT2D eigenvalue weighted by atomic mass is 9.91. The van der Waals surface area contributed by atoms with Crippen molar-refractivity contribution in [1.29, 1.82) is 0 Å². The number of likely N-dealkylation sites (tertiary alicyclic amines) is 1. The molecule has 1 spiro atoms. The van der Waals surface area contributed by atoms with Gasteiger partial charge in [-0.3, -0.25) is 9.69 Å². The number of amides is 1. The normalized spacial score (nSPS) is 22.6. The number of nitrogens with zero attached hydrogens (tertiary/aromatic N) is 1. The van der Waals surface area contributed by atoms with E-state index in [1.165, 1.54) is 11.1 Å². The highest BCUT2D eigenvalue weighted by Gasteiger charge is 2.40. The highest BCUT2D eigenvalue weighted by atomic mass is 16.5. The molecule has 4 nitrogen and oxygen atoms in total. The lowest BCUT2D eigenvalue weighted by Gasteiger charge is -2.29. The van der Waals surface area contributed by atoms with Crippen molar-refractivity contribution in [3.05, 3.63) is 65.2 Å². The SMILES string of the molecule is CC(C)Oc1ccc(CN2CCC3(CCc4ccccc4C(=O)N3)C2)cc1. The van der Waals surface area contributed by atoms with Crippen molar-refractivity contribution in [2.75, 3.05) is 13.1 Å². The highest BCUT2D eigenvalue weighted by Crippen LogP contribution is 2.31. The molecule has 0 aliphatic carbocycles. The summed E-state index contributed by atoms with van der Waals surface area (Å²) in [6, 6.07) is 16.4. The van der Waals surface area contributed by atoms with Crippen LogP contribution in [0.15, 0.2) is 48.5 Å². The Morgan fingerprint density at radius 2 is 1.89 bits per heavy atom. The summed E-state index contributed by atoms with van der Waals surface area (Å²) in [6.07, 6.45) is 3.18. The Hall–Kier alpha value is -2.33. The highest BCUT2D eigenvalue weighted by molar-refractivity contribution is 5.96. The largest absolute Gasteiger partial charge is 0.491 e. The molecule has 1 atom stereocenters. The Morgan fingerprint density at radius 1 is 1.11 bits per heavy atom. The molecule has 0 radical (unpaired) electrons. The van der Waals surface area contributed by atoms with Gasteiger partial charge in [-0.2, -0.15) is 0 Å². The molecule has 1 unspecified atom stereocenters. The van der Waals surface area contributed by atoms with E-state index in [0.717, 1.165) is 50.2 Å². The predicted molar refractivity (Wildman–Crippen MR) is 107 cm³/mol. The number of hydrogen-bond acceptors (Lipinski definition) is 3. The van der Waals surface area contributed by atoms with Crippen LogP contribution in [0.25, 0.3) is 0 Å². The van der Waals surface area contributed by atoms with Crippen LogP contribution in [0.4, 0.5) is 0 Å². The molecule has 4 heteroatoms. The molecule has 27 heavy (non-hydrogen) atoms. The van der Waals surface area contributed by atoms with Gasteiger partial charge < -0.3 is 10.1 Å². The van der Waals surface area contributed by atoms with E-state index in [9.17, 15) is 4.79 Å². The molecule has 2 aromatic rings. The van der Waals surface area contributed by atoms with Crippen LogP contribution in [0.5, 0.6) is 5.75 Å². The Bertz CT molecular complexity index is 815. The monoisotopic (exact) mass is 364 g/mol. The van der Waals surface area contributed by atoms with Crippen LogP contribution in [-0.4, -0.2) is 35.5 Å². The number of rotatable bonds is 4. The standard InChI is InChI=1S/C23H28N2O2/c1-17(2)27-20-9-7-18(8-10-20)15-25-14-13-23(16-25)12-11-19-5-3-4-6-21(19)22(26)24-23/h3-10,17H,11-16H2,1-2H3,(H,24,26). The van der Waals surface area contributed by atoms with E-state index >= 15 is 0 Å². The lowest BCUT2D eigenvalue weighted by Crippen LogP contribution is -2.49. The van der Waals surface area contributed by atoms with E-state index in [4.69, 9.17) is 4.74 Å². The van der Waals surface area contributed by atoms with Crippen LogP contribution in [0.3, 0.4) is 0 Å². The van der Waals surface area contributed by atoms with Gasteiger partial charge in [-0.1, -0.05) is 30.3 Å². The third kappa shape index (κ3) is 4.01. The molecule has 4 rings (SSSR count). The molecule has 2 aromatic carbocycles. The van der Waals surface area contributed by atoms with E-state index in [1.54, 1.807) is 0 Å². The fourth-order valence-electron chi connectivity index (χ4n) is 4.31. The topological polar surface area (TPSA) is 41.6 Å². The van der Waals surface area contributed by atoms with Gasteiger partial charge in [0.1, 0.15) is 5.75 Å². The van der Waals surface area contributed by atoms with Gasteiger partial charge >= 0.3 is 0 Å². The van der Waals surface area contributed by atoms with Gasteiger partial charge in [-0.15, -0.1) is 0 Å². The molecule has 1 fully saturated rings. The smallest absolute Gasteiger partial charge is 0.252 e. The van der Waals surface area contributed by atoms with Crippen molar-refractivity contribution in [2.45, 2.75) is 51.3 Å². The van der Waals surface area contributed by atoms with E-state index in [0.29, 0.717) is 0 Å². The summed E-state index contributed by atoms with van der Waals surface area (Å²) in [5, 5.41) is 3.36. The maximum atomic E-state index is 12.7.